The molecule has 0 saturated carbocycles. The van der Waals surface area contributed by atoms with Gasteiger partial charge in [-0.1, -0.05) is 5.16 Å². The first-order chi connectivity index (χ1) is 46.0. The predicted octanol–water partition coefficient (Wildman–Crippen LogP) is 9.74. The van der Waals surface area contributed by atoms with Gasteiger partial charge in [0, 0.05) is 154 Å². The summed E-state index contributed by atoms with van der Waals surface area (Å²) in [4.78, 5) is 84.7. The number of hydrogen-bond donors (Lipinski definition) is 0. The van der Waals surface area contributed by atoms with Crippen LogP contribution in [0.1, 0.15) is 131 Å². The number of benzene rings is 3. The van der Waals surface area contributed by atoms with Crippen molar-refractivity contribution in [2.45, 2.75) is 145 Å². The van der Waals surface area contributed by atoms with E-state index in [0.29, 0.717) is 81.0 Å². The fraction of sp³-hybridized carbons (Fsp3) is 0.616. The average Bonchev–Trinajstić information content (AvgIpc) is 1.62. The van der Waals surface area contributed by atoms with Crippen molar-refractivity contribution in [1.29, 1.82) is 0 Å². The van der Waals surface area contributed by atoms with Crippen molar-refractivity contribution in [2.24, 2.45) is 0 Å². The van der Waals surface area contributed by atoms with Gasteiger partial charge in [0.05, 0.1) is 18.4 Å². The molecule has 23 heteroatoms. The molecule has 10 heterocycles. The highest BCUT2D eigenvalue weighted by Gasteiger charge is 2.51. The first-order valence-electron chi connectivity index (χ1n) is 34.7. The lowest BCUT2D eigenvalue weighted by atomic mass is 9.74. The minimum absolute atomic E-state index is 0. The maximum atomic E-state index is 14.2. The summed E-state index contributed by atoms with van der Waals surface area (Å²) in [5, 5.41) is 3.92. The summed E-state index contributed by atoms with van der Waals surface area (Å²) >= 11 is 0. The van der Waals surface area contributed by atoms with Gasteiger partial charge in [-0.05, 0) is 221 Å². The van der Waals surface area contributed by atoms with Gasteiger partial charge in [-0.15, -0.1) is 6.42 Å². The SMILES string of the molecule is C#CC(=O)N1CCC(N2CCC3(CC2)CN(C(=O)N(C)C)c2ccc(F)cc23)CC1.COCCN1CC2(CCN(C3CCN(C(=O)OC(C)C)CC3)CC2)c2cc(F)ccc21.Cc1noc(C)c1C(=O)N1CCC(N2CCC3(CC2)CN(C(=O)N(C)C)c2ccc(F)cc23)CC1.[HH]. The molecule has 6 saturated heterocycles. The molecule has 0 unspecified atom stereocenters. The van der Waals surface area contributed by atoms with Gasteiger partial charge in [-0.2, -0.15) is 0 Å². The third kappa shape index (κ3) is 14.4. The highest BCUT2D eigenvalue weighted by atomic mass is 19.1. The van der Waals surface area contributed by atoms with Crippen LogP contribution in [0.5, 0.6) is 0 Å². The van der Waals surface area contributed by atoms with Crippen LogP contribution in [0.15, 0.2) is 59.1 Å². The Morgan fingerprint density at radius 3 is 1.35 bits per heavy atom. The summed E-state index contributed by atoms with van der Waals surface area (Å²) in [5.41, 5.74) is 6.81. The van der Waals surface area contributed by atoms with Crippen LogP contribution in [0, 0.1) is 43.6 Å². The van der Waals surface area contributed by atoms with E-state index in [0.717, 1.165) is 165 Å². The van der Waals surface area contributed by atoms with Crippen LogP contribution in [0.25, 0.3) is 0 Å². The maximum absolute atomic E-state index is 14.2. The summed E-state index contributed by atoms with van der Waals surface area (Å²) in [6.45, 7) is 21.1. The van der Waals surface area contributed by atoms with Gasteiger partial charge < -0.3 is 58.1 Å². The number of halogens is 3. The van der Waals surface area contributed by atoms with Gasteiger partial charge in [-0.25, -0.2) is 27.6 Å². The van der Waals surface area contributed by atoms with Crippen molar-refractivity contribution >= 4 is 47.0 Å². The Bertz CT molecular complexity index is 3480. The lowest BCUT2D eigenvalue weighted by molar-refractivity contribution is -0.126. The smallest absolute Gasteiger partial charge is 0.410 e. The Morgan fingerprint density at radius 1 is 0.594 bits per heavy atom. The topological polar surface area (TPSA) is 165 Å². The number of likely N-dealkylation sites (tertiary alicyclic amines) is 6. The highest BCUT2D eigenvalue weighted by Crippen LogP contribution is 2.51. The molecule has 0 N–H and O–H groups in total. The first-order valence-corrected chi connectivity index (χ1v) is 34.7. The van der Waals surface area contributed by atoms with E-state index in [2.05, 4.69) is 30.7 Å². The number of carbonyl (C=O) groups is 5. The van der Waals surface area contributed by atoms with E-state index in [1.165, 1.54) is 23.4 Å². The third-order valence-corrected chi connectivity index (χ3v) is 22.5. The summed E-state index contributed by atoms with van der Waals surface area (Å²) < 4.78 is 58.3. The van der Waals surface area contributed by atoms with Crippen molar-refractivity contribution in [3.8, 4) is 12.3 Å². The standard InChI is InChI=1S/C26H34FN5O3.C24H36FN3O3.C23H29FN4O2.H2/c1-17-23(18(2)35-28-17)24(33)31-11-7-20(8-12-31)30-13-9-26(10-14-30)16-32(25(34)29(3)4)22-6-5-19(27)15-21(22)26;1-18(2)31-23(29)27-10-6-20(7-11-27)26-12-8-24(9-13-26)17-28(14-15-30-3)22-5-4-19(25)16-21(22)24;1-4-21(29)27-11-7-18(8-12-27)26-13-9-23(10-14-26)16-28(22(30)25(2)3)20-6-5-17(24)15-19(20)23;/h5-6,15,20H,7-14,16H2,1-4H3;4-5,16,18,20H,6-15,17H2,1-3H3;1,5-6,15,18H,7-14,16H2,2-3H3;1H. The quantitative estimate of drug-likeness (QED) is 0.153. The molecule has 0 bridgehead atoms. The number of ether oxygens (including phenoxy) is 2. The number of fused-ring (bicyclic) bond motifs is 6. The molecule has 4 aromatic rings. The Kier molecular flexibility index (Phi) is 21.4. The van der Waals surface area contributed by atoms with Gasteiger partial charge in [0.2, 0.25) is 0 Å². The Hall–Kier alpha value is -7.39. The van der Waals surface area contributed by atoms with Crippen LogP contribution in [-0.2, 0) is 30.5 Å². The number of hydrogen-bond acceptors (Lipinski definition) is 13. The molecular formula is C73H101F3N12O8. The van der Waals surface area contributed by atoms with Crippen LogP contribution in [-0.4, -0.2) is 245 Å². The van der Waals surface area contributed by atoms with Crippen LogP contribution >= 0.6 is 0 Å². The molecule has 20 nitrogen and oxygen atoms in total. The molecule has 9 aliphatic rings. The number of urea groups is 2. The zero-order chi connectivity index (χ0) is 68.4. The Morgan fingerprint density at radius 2 is 0.979 bits per heavy atom. The summed E-state index contributed by atoms with van der Waals surface area (Å²) in [6, 6.07) is 16.2. The van der Waals surface area contributed by atoms with Gasteiger partial charge in [0.15, 0.2) is 0 Å². The van der Waals surface area contributed by atoms with Crippen LogP contribution in [0.4, 0.5) is 44.6 Å². The molecule has 0 aliphatic carbocycles. The zero-order valence-corrected chi connectivity index (χ0v) is 57.9. The summed E-state index contributed by atoms with van der Waals surface area (Å²) in [7, 11) is 8.72. The maximum Gasteiger partial charge on any atom is 0.410 e. The van der Waals surface area contributed by atoms with E-state index in [9.17, 15) is 37.1 Å². The van der Waals surface area contributed by atoms with Crippen molar-refractivity contribution in [3.63, 3.8) is 0 Å². The van der Waals surface area contributed by atoms with E-state index in [4.69, 9.17) is 20.4 Å². The molecule has 13 rings (SSSR count). The lowest BCUT2D eigenvalue weighted by Gasteiger charge is -2.45. The Balaban J connectivity index is 0.000000158. The van der Waals surface area contributed by atoms with Crippen molar-refractivity contribution in [3.05, 3.63) is 106 Å². The van der Waals surface area contributed by atoms with Crippen LogP contribution in [0.3, 0.4) is 0 Å². The molecule has 9 aliphatic heterocycles. The fourth-order valence-corrected chi connectivity index (χ4v) is 17.1. The van der Waals surface area contributed by atoms with E-state index in [1.807, 2.05) is 34.6 Å². The number of rotatable bonds is 8. The second-order valence-corrected chi connectivity index (χ2v) is 28.9. The molecular weight excluding hydrogens is 1230 g/mol. The van der Waals surface area contributed by atoms with Crippen molar-refractivity contribution < 1.29 is 52.6 Å². The molecule has 3 aromatic carbocycles. The molecule has 0 radical (unpaired) electrons. The summed E-state index contributed by atoms with van der Waals surface area (Å²) in [5.74, 6) is 1.92. The number of anilines is 3. The monoisotopic (exact) mass is 1330 g/mol. The molecule has 0 atom stereocenters. The van der Waals surface area contributed by atoms with Gasteiger partial charge in [0.1, 0.15) is 28.8 Å². The molecule has 3 spiro atoms. The minimum Gasteiger partial charge on any atom is -0.447 e. The molecule has 522 valence electrons. The number of amides is 7. The molecule has 1 aromatic heterocycles. The van der Waals surface area contributed by atoms with Gasteiger partial charge in [0.25, 0.3) is 11.8 Å². The lowest BCUT2D eigenvalue weighted by Crippen LogP contribution is -2.52. The number of piperidine rings is 6. The predicted molar refractivity (Wildman–Crippen MR) is 365 cm³/mol. The second kappa shape index (κ2) is 29.4. The molecule has 96 heavy (non-hydrogen) atoms. The first kappa shape index (κ1) is 69.9. The van der Waals surface area contributed by atoms with E-state index < -0.39 is 0 Å². The van der Waals surface area contributed by atoms with Gasteiger partial charge in [-0.3, -0.25) is 19.4 Å². The fourth-order valence-electron chi connectivity index (χ4n) is 17.1. The largest absolute Gasteiger partial charge is 0.447 e. The van der Waals surface area contributed by atoms with Crippen LogP contribution in [0.2, 0.25) is 0 Å². The van der Waals surface area contributed by atoms with Crippen LogP contribution < -0.4 is 14.7 Å². The van der Waals surface area contributed by atoms with Crippen molar-refractivity contribution in [1.82, 2.24) is 44.4 Å². The average molecular weight is 1330 g/mol. The van der Waals surface area contributed by atoms with E-state index >= 15 is 0 Å². The number of methoxy groups -OCH3 is 1. The normalized spacial score (nSPS) is 21.1. The molecule has 7 amide bonds. The third-order valence-electron chi connectivity index (χ3n) is 22.5. The number of nitrogens with zero attached hydrogens (tertiary/aromatic N) is 12. The molecule has 6 fully saturated rings. The van der Waals surface area contributed by atoms with E-state index in [-0.39, 0.29) is 71.2 Å². The second-order valence-electron chi connectivity index (χ2n) is 28.9. The number of carbonyl (C=O) groups excluding carboxylic acids is 5. The van der Waals surface area contributed by atoms with Gasteiger partial charge >= 0.3 is 18.2 Å². The van der Waals surface area contributed by atoms with E-state index in [1.54, 1.807) is 105 Å². The Labute approximate surface area is 566 Å². The zero-order valence-electron chi connectivity index (χ0n) is 57.9. The minimum atomic E-state index is -0.250. The number of terminal acetylenes is 1. The number of aromatic nitrogens is 1. The van der Waals surface area contributed by atoms with Crippen molar-refractivity contribution in [2.75, 3.05) is 161 Å². The number of aryl methyl sites for hydroxylation is 2. The highest BCUT2D eigenvalue weighted by molar-refractivity contribution is 5.97. The summed E-state index contributed by atoms with van der Waals surface area (Å²) in [6.07, 6.45) is 16.3.